The highest BCUT2D eigenvalue weighted by molar-refractivity contribution is 5.94. The predicted octanol–water partition coefficient (Wildman–Crippen LogP) is 1.58. The third-order valence-electron chi connectivity index (χ3n) is 2.50. The van der Waals surface area contributed by atoms with E-state index < -0.39 is 17.9 Å². The summed E-state index contributed by atoms with van der Waals surface area (Å²) in [5.41, 5.74) is 0.770. The van der Waals surface area contributed by atoms with Crippen LogP contribution in [0.1, 0.15) is 13.8 Å². The molecule has 0 aromatic rings. The molecule has 0 saturated heterocycles. The molecular weight excluding hydrogens is 224 g/mol. The van der Waals surface area contributed by atoms with Gasteiger partial charge in [-0.25, -0.2) is 4.79 Å². The zero-order valence-corrected chi connectivity index (χ0v) is 9.64. The normalized spacial score (nSPS) is 21.8. The van der Waals surface area contributed by atoms with Crippen LogP contribution in [0.25, 0.3) is 0 Å². The van der Waals surface area contributed by atoms with Gasteiger partial charge in [0.1, 0.15) is 5.92 Å². The summed E-state index contributed by atoms with van der Waals surface area (Å²) in [4.78, 5) is 22.0. The maximum Gasteiger partial charge on any atom is 0.335 e. The van der Waals surface area contributed by atoms with Crippen LogP contribution in [0.5, 0.6) is 0 Å². The lowest BCUT2D eigenvalue weighted by molar-refractivity contribution is -0.139. The third-order valence-corrected chi connectivity index (χ3v) is 2.50. The molecular formula is C12H14O5. The minimum atomic E-state index is -1.12. The molecule has 0 amide bonds. The Morgan fingerprint density at radius 3 is 2.53 bits per heavy atom. The van der Waals surface area contributed by atoms with Crippen LogP contribution in [-0.4, -0.2) is 28.8 Å². The molecule has 0 aliphatic heterocycles. The molecule has 0 saturated carbocycles. The Morgan fingerprint density at radius 1 is 1.41 bits per heavy atom. The lowest BCUT2D eigenvalue weighted by Gasteiger charge is -2.20. The zero-order chi connectivity index (χ0) is 13.0. The van der Waals surface area contributed by atoms with Crippen LogP contribution in [0.2, 0.25) is 0 Å². The van der Waals surface area contributed by atoms with Crippen molar-refractivity contribution in [3.8, 4) is 0 Å². The van der Waals surface area contributed by atoms with Gasteiger partial charge in [0.05, 0.1) is 18.4 Å². The summed E-state index contributed by atoms with van der Waals surface area (Å²) in [6.45, 7) is 3.72. The summed E-state index contributed by atoms with van der Waals surface area (Å²) in [6, 6.07) is 0. The lowest BCUT2D eigenvalue weighted by atomic mass is 9.84. The molecule has 17 heavy (non-hydrogen) atoms. The fraction of sp³-hybridized carbons (Fsp3) is 0.333. The van der Waals surface area contributed by atoms with Crippen LogP contribution < -0.4 is 0 Å². The van der Waals surface area contributed by atoms with Gasteiger partial charge in [0, 0.05) is 5.57 Å². The summed E-state index contributed by atoms with van der Waals surface area (Å²) in [7, 11) is 0. The van der Waals surface area contributed by atoms with Crippen molar-refractivity contribution in [2.24, 2.45) is 5.92 Å². The number of carbonyl (C=O) groups is 2. The number of hydrogen-bond acceptors (Lipinski definition) is 3. The van der Waals surface area contributed by atoms with Crippen molar-refractivity contribution >= 4 is 11.9 Å². The van der Waals surface area contributed by atoms with E-state index in [1.54, 1.807) is 6.92 Å². The minimum absolute atomic E-state index is 0.0195. The smallest absolute Gasteiger partial charge is 0.335 e. The molecule has 1 rings (SSSR count). The molecule has 0 bridgehead atoms. The Kier molecular flexibility index (Phi) is 4.09. The standard InChI is InChI=1S/C12H14O5/c1-3-17-6-8-4-5-9(11(13)14)7(2)10(8)12(15)16/h4-6,10H,3H2,1-2H3,(H,13,14)(H,15,16). The minimum Gasteiger partial charge on any atom is -0.501 e. The van der Waals surface area contributed by atoms with Gasteiger partial charge in [-0.05, 0) is 25.5 Å². The SMILES string of the molecule is CCOC=C1C=CC(C(=O)O)=C(C)C1C(=O)O. The van der Waals surface area contributed by atoms with E-state index in [1.165, 1.54) is 25.3 Å². The summed E-state index contributed by atoms with van der Waals surface area (Å²) >= 11 is 0. The highest BCUT2D eigenvalue weighted by Crippen LogP contribution is 2.30. The zero-order valence-electron chi connectivity index (χ0n) is 9.64. The van der Waals surface area contributed by atoms with E-state index in [1.807, 2.05) is 0 Å². The van der Waals surface area contributed by atoms with E-state index in [0.29, 0.717) is 17.8 Å². The van der Waals surface area contributed by atoms with E-state index in [2.05, 4.69) is 0 Å². The van der Waals surface area contributed by atoms with Crippen molar-refractivity contribution in [3.05, 3.63) is 35.1 Å². The Balaban J connectivity index is 3.16. The van der Waals surface area contributed by atoms with Crippen LogP contribution in [0, 0.1) is 5.92 Å². The van der Waals surface area contributed by atoms with Crippen molar-refractivity contribution in [2.45, 2.75) is 13.8 Å². The van der Waals surface area contributed by atoms with Crippen molar-refractivity contribution in [1.29, 1.82) is 0 Å². The van der Waals surface area contributed by atoms with E-state index in [-0.39, 0.29) is 5.57 Å². The van der Waals surface area contributed by atoms with E-state index >= 15 is 0 Å². The van der Waals surface area contributed by atoms with Gasteiger partial charge in [-0.3, -0.25) is 4.79 Å². The molecule has 0 heterocycles. The Bertz CT molecular complexity index is 428. The van der Waals surface area contributed by atoms with Crippen LogP contribution in [0.4, 0.5) is 0 Å². The van der Waals surface area contributed by atoms with Gasteiger partial charge in [0.25, 0.3) is 0 Å². The van der Waals surface area contributed by atoms with Crippen LogP contribution in [0.3, 0.4) is 0 Å². The van der Waals surface area contributed by atoms with Crippen LogP contribution in [-0.2, 0) is 14.3 Å². The highest BCUT2D eigenvalue weighted by atomic mass is 16.5. The molecule has 5 heteroatoms. The number of carboxylic acid groups (broad SMARTS) is 2. The average molecular weight is 238 g/mol. The van der Waals surface area contributed by atoms with Gasteiger partial charge < -0.3 is 14.9 Å². The van der Waals surface area contributed by atoms with Gasteiger partial charge in [0.15, 0.2) is 0 Å². The first-order valence-corrected chi connectivity index (χ1v) is 5.15. The number of ether oxygens (including phenoxy) is 1. The maximum absolute atomic E-state index is 11.1. The quantitative estimate of drug-likeness (QED) is 0.726. The maximum atomic E-state index is 11.1. The van der Waals surface area contributed by atoms with Gasteiger partial charge in [-0.1, -0.05) is 6.08 Å². The van der Waals surface area contributed by atoms with E-state index in [0.717, 1.165) is 0 Å². The molecule has 0 spiro atoms. The van der Waals surface area contributed by atoms with Gasteiger partial charge in [0.2, 0.25) is 0 Å². The predicted molar refractivity (Wildman–Crippen MR) is 60.3 cm³/mol. The first-order valence-electron chi connectivity index (χ1n) is 5.15. The number of carboxylic acids is 2. The third kappa shape index (κ3) is 2.75. The fourth-order valence-electron chi connectivity index (χ4n) is 1.67. The molecule has 1 unspecified atom stereocenters. The van der Waals surface area contributed by atoms with E-state index in [4.69, 9.17) is 14.9 Å². The molecule has 1 atom stereocenters. The molecule has 0 radical (unpaired) electrons. The Hall–Kier alpha value is -2.04. The molecule has 5 nitrogen and oxygen atoms in total. The molecule has 2 N–H and O–H groups in total. The number of aliphatic carboxylic acids is 2. The molecule has 1 aliphatic rings. The largest absolute Gasteiger partial charge is 0.501 e. The second-order valence-corrected chi connectivity index (χ2v) is 3.58. The highest BCUT2D eigenvalue weighted by Gasteiger charge is 2.29. The molecule has 92 valence electrons. The van der Waals surface area contributed by atoms with Crippen molar-refractivity contribution in [2.75, 3.05) is 6.61 Å². The average Bonchev–Trinajstić information content (AvgIpc) is 2.25. The summed E-state index contributed by atoms with van der Waals surface area (Å²) in [5, 5.41) is 18.0. The van der Waals surface area contributed by atoms with Gasteiger partial charge >= 0.3 is 11.9 Å². The lowest BCUT2D eigenvalue weighted by Crippen LogP contribution is -2.22. The topological polar surface area (TPSA) is 83.8 Å². The van der Waals surface area contributed by atoms with E-state index in [9.17, 15) is 9.59 Å². The molecule has 1 aliphatic carbocycles. The van der Waals surface area contributed by atoms with Crippen molar-refractivity contribution in [1.82, 2.24) is 0 Å². The summed E-state index contributed by atoms with van der Waals surface area (Å²) < 4.78 is 5.05. The first kappa shape index (κ1) is 13.0. The number of allylic oxidation sites excluding steroid dienone is 1. The van der Waals surface area contributed by atoms with Crippen LogP contribution in [0.15, 0.2) is 35.1 Å². The monoisotopic (exact) mass is 238 g/mol. The van der Waals surface area contributed by atoms with Gasteiger partial charge in [-0.2, -0.15) is 0 Å². The Morgan fingerprint density at radius 2 is 2.06 bits per heavy atom. The second kappa shape index (κ2) is 5.34. The molecule has 0 aromatic heterocycles. The summed E-state index contributed by atoms with van der Waals surface area (Å²) in [5.74, 6) is -3.17. The van der Waals surface area contributed by atoms with Crippen molar-refractivity contribution < 1.29 is 24.5 Å². The summed E-state index contributed by atoms with van der Waals surface area (Å²) in [6.07, 6.45) is 4.21. The molecule has 0 aromatic carbocycles. The fourth-order valence-corrected chi connectivity index (χ4v) is 1.67. The van der Waals surface area contributed by atoms with Crippen molar-refractivity contribution in [3.63, 3.8) is 0 Å². The Labute approximate surface area is 98.7 Å². The second-order valence-electron chi connectivity index (χ2n) is 3.58. The van der Waals surface area contributed by atoms with Crippen LogP contribution >= 0.6 is 0 Å². The first-order chi connectivity index (χ1) is 7.99. The number of rotatable bonds is 4. The molecule has 0 fully saturated rings. The van der Waals surface area contributed by atoms with Gasteiger partial charge in [-0.15, -0.1) is 0 Å². The number of hydrogen-bond donors (Lipinski definition) is 2.